The molecule has 2 aromatic rings. The van der Waals surface area contributed by atoms with Crippen LogP contribution in [0.3, 0.4) is 0 Å². The van der Waals surface area contributed by atoms with E-state index >= 15 is 0 Å². The molecule has 0 amide bonds. The van der Waals surface area contributed by atoms with E-state index in [1.54, 1.807) is 0 Å². The van der Waals surface area contributed by atoms with Crippen LogP contribution in [-0.2, 0) is 0 Å². The molecule has 3 heteroatoms. The smallest absolute Gasteiger partial charge is 0.119 e. The summed E-state index contributed by atoms with van der Waals surface area (Å²) in [6.07, 6.45) is 0. The highest BCUT2D eigenvalue weighted by molar-refractivity contribution is 6.12. The molecule has 0 atom stereocenters. The van der Waals surface area contributed by atoms with Crippen LogP contribution in [0.4, 0.5) is 0 Å². The summed E-state index contributed by atoms with van der Waals surface area (Å²) in [6, 6.07) is 15.5. The molecule has 2 aromatic carbocycles. The normalized spacial score (nSPS) is 11.7. The van der Waals surface area contributed by atoms with Crippen LogP contribution in [0, 0.1) is 12.8 Å². The van der Waals surface area contributed by atoms with E-state index in [4.69, 9.17) is 4.74 Å². The number of ether oxygens (including phenoxy) is 1. The molecule has 0 saturated carbocycles. The summed E-state index contributed by atoms with van der Waals surface area (Å²) in [6.45, 7) is 6.95. The molecule has 2 rings (SSSR count). The molecule has 0 aliphatic rings. The first-order chi connectivity index (χ1) is 10.1. The number of hydrogen-bond acceptors (Lipinski definition) is 3. The zero-order valence-electron chi connectivity index (χ0n) is 12.7. The summed E-state index contributed by atoms with van der Waals surface area (Å²) < 4.78 is 5.65. The molecule has 3 nitrogen and oxygen atoms in total. The zero-order chi connectivity index (χ0) is 15.2. The molecule has 0 spiro atoms. The van der Waals surface area contributed by atoms with E-state index < -0.39 is 0 Å². The van der Waals surface area contributed by atoms with Gasteiger partial charge in [-0.15, -0.1) is 0 Å². The number of hydrogen-bond donors (Lipinski definition) is 1. The standard InChI is InChI=1S/C18H21NO2/c1-13(2)12-21-17-10-8-16(9-11-17)18(19-20)15-6-4-14(3)5-7-15/h4-11,13,20H,12H2,1-3H3/b19-18+. The minimum absolute atomic E-state index is 0.492. The van der Waals surface area contributed by atoms with E-state index in [0.29, 0.717) is 18.2 Å². The summed E-state index contributed by atoms with van der Waals surface area (Å²) in [5.74, 6) is 1.32. The van der Waals surface area contributed by atoms with Gasteiger partial charge in [0.2, 0.25) is 0 Å². The summed E-state index contributed by atoms with van der Waals surface area (Å²) in [4.78, 5) is 0. The van der Waals surface area contributed by atoms with Gasteiger partial charge in [0.1, 0.15) is 11.5 Å². The molecule has 0 bridgehead atoms. The highest BCUT2D eigenvalue weighted by Gasteiger charge is 2.08. The molecule has 0 aliphatic heterocycles. The van der Waals surface area contributed by atoms with Gasteiger partial charge in [-0.3, -0.25) is 0 Å². The number of rotatable bonds is 5. The Morgan fingerprint density at radius 1 is 1.00 bits per heavy atom. The van der Waals surface area contributed by atoms with Gasteiger partial charge in [0, 0.05) is 11.1 Å². The SMILES string of the molecule is Cc1ccc(/C(=N\O)c2ccc(OCC(C)C)cc2)cc1. The van der Waals surface area contributed by atoms with Crippen LogP contribution in [0.1, 0.15) is 30.5 Å². The van der Waals surface area contributed by atoms with Gasteiger partial charge in [-0.1, -0.05) is 48.8 Å². The highest BCUT2D eigenvalue weighted by atomic mass is 16.5. The Bertz CT molecular complexity index is 598. The molecule has 110 valence electrons. The van der Waals surface area contributed by atoms with Crippen LogP contribution in [0.2, 0.25) is 0 Å². The van der Waals surface area contributed by atoms with Crippen LogP contribution in [0.5, 0.6) is 5.75 Å². The largest absolute Gasteiger partial charge is 0.493 e. The Balaban J connectivity index is 2.18. The number of oxime groups is 1. The van der Waals surface area contributed by atoms with Crippen LogP contribution in [-0.4, -0.2) is 17.5 Å². The van der Waals surface area contributed by atoms with Gasteiger partial charge in [-0.05, 0) is 37.1 Å². The lowest BCUT2D eigenvalue weighted by molar-refractivity contribution is 0.271. The van der Waals surface area contributed by atoms with Crippen molar-refractivity contribution in [1.82, 2.24) is 0 Å². The first-order valence-electron chi connectivity index (χ1n) is 7.12. The third-order valence-electron chi connectivity index (χ3n) is 3.14. The average molecular weight is 283 g/mol. The fourth-order valence-electron chi connectivity index (χ4n) is 1.97. The molecule has 1 N–H and O–H groups in total. The third-order valence-corrected chi connectivity index (χ3v) is 3.14. The van der Waals surface area contributed by atoms with E-state index in [0.717, 1.165) is 16.9 Å². The molecule has 0 saturated heterocycles. The Labute approximate surface area is 125 Å². The lowest BCUT2D eigenvalue weighted by Gasteiger charge is -2.10. The van der Waals surface area contributed by atoms with Crippen LogP contribution < -0.4 is 4.74 Å². The molecule has 0 heterocycles. The predicted octanol–water partition coefficient (Wildman–Crippen LogP) is 4.26. The van der Waals surface area contributed by atoms with E-state index in [1.165, 1.54) is 5.56 Å². The van der Waals surface area contributed by atoms with Gasteiger partial charge < -0.3 is 9.94 Å². The average Bonchev–Trinajstić information content (AvgIpc) is 2.49. The van der Waals surface area contributed by atoms with Crippen molar-refractivity contribution >= 4 is 5.71 Å². The Morgan fingerprint density at radius 3 is 2.00 bits per heavy atom. The summed E-state index contributed by atoms with van der Waals surface area (Å²) in [5, 5.41) is 12.7. The number of nitrogens with zero attached hydrogens (tertiary/aromatic N) is 1. The van der Waals surface area contributed by atoms with Gasteiger partial charge in [0.15, 0.2) is 0 Å². The molecule has 0 unspecified atom stereocenters. The highest BCUT2D eigenvalue weighted by Crippen LogP contribution is 2.17. The summed E-state index contributed by atoms with van der Waals surface area (Å²) >= 11 is 0. The first-order valence-corrected chi connectivity index (χ1v) is 7.12. The zero-order valence-corrected chi connectivity index (χ0v) is 12.7. The quantitative estimate of drug-likeness (QED) is 0.506. The second kappa shape index (κ2) is 6.93. The Morgan fingerprint density at radius 2 is 1.52 bits per heavy atom. The van der Waals surface area contributed by atoms with Gasteiger partial charge in [-0.2, -0.15) is 0 Å². The topological polar surface area (TPSA) is 41.8 Å². The Kier molecular flexibility index (Phi) is 4.99. The van der Waals surface area contributed by atoms with Gasteiger partial charge >= 0.3 is 0 Å². The van der Waals surface area contributed by atoms with Crippen molar-refractivity contribution in [3.63, 3.8) is 0 Å². The van der Waals surface area contributed by atoms with Crippen molar-refractivity contribution in [1.29, 1.82) is 0 Å². The van der Waals surface area contributed by atoms with Crippen molar-refractivity contribution in [2.24, 2.45) is 11.1 Å². The van der Waals surface area contributed by atoms with Crippen molar-refractivity contribution in [3.8, 4) is 5.75 Å². The second-order valence-corrected chi connectivity index (χ2v) is 5.54. The summed E-state index contributed by atoms with van der Waals surface area (Å²) in [7, 11) is 0. The molecule has 21 heavy (non-hydrogen) atoms. The van der Waals surface area contributed by atoms with Gasteiger partial charge in [0.05, 0.1) is 6.61 Å². The van der Waals surface area contributed by atoms with Crippen LogP contribution >= 0.6 is 0 Å². The van der Waals surface area contributed by atoms with Gasteiger partial charge in [-0.25, -0.2) is 0 Å². The molecule has 0 fully saturated rings. The molecular weight excluding hydrogens is 262 g/mol. The van der Waals surface area contributed by atoms with E-state index in [1.807, 2.05) is 55.5 Å². The Hall–Kier alpha value is -2.29. The van der Waals surface area contributed by atoms with Crippen LogP contribution in [0.15, 0.2) is 53.7 Å². The summed E-state index contributed by atoms with van der Waals surface area (Å²) in [5.41, 5.74) is 3.48. The van der Waals surface area contributed by atoms with Gasteiger partial charge in [0.25, 0.3) is 0 Å². The van der Waals surface area contributed by atoms with Crippen molar-refractivity contribution in [2.45, 2.75) is 20.8 Å². The maximum absolute atomic E-state index is 9.30. The number of aryl methyl sites for hydroxylation is 1. The fourth-order valence-corrected chi connectivity index (χ4v) is 1.97. The predicted molar refractivity (Wildman–Crippen MR) is 85.4 cm³/mol. The molecular formula is C18H21NO2. The van der Waals surface area contributed by atoms with E-state index in [9.17, 15) is 5.21 Å². The number of benzene rings is 2. The molecule has 0 aliphatic carbocycles. The van der Waals surface area contributed by atoms with Crippen molar-refractivity contribution < 1.29 is 9.94 Å². The maximum atomic E-state index is 9.30. The van der Waals surface area contributed by atoms with Crippen LogP contribution in [0.25, 0.3) is 0 Å². The molecule has 0 radical (unpaired) electrons. The maximum Gasteiger partial charge on any atom is 0.119 e. The third kappa shape index (κ3) is 4.09. The minimum Gasteiger partial charge on any atom is -0.493 e. The first kappa shape index (κ1) is 15.1. The molecule has 0 aromatic heterocycles. The second-order valence-electron chi connectivity index (χ2n) is 5.54. The van der Waals surface area contributed by atoms with Crippen molar-refractivity contribution in [2.75, 3.05) is 6.61 Å². The minimum atomic E-state index is 0.492. The van der Waals surface area contributed by atoms with E-state index in [-0.39, 0.29) is 0 Å². The monoisotopic (exact) mass is 283 g/mol. The lowest BCUT2D eigenvalue weighted by Crippen LogP contribution is -2.06. The van der Waals surface area contributed by atoms with Crippen molar-refractivity contribution in [3.05, 3.63) is 65.2 Å². The fraction of sp³-hybridized carbons (Fsp3) is 0.278. The van der Waals surface area contributed by atoms with E-state index in [2.05, 4.69) is 19.0 Å². The lowest BCUT2D eigenvalue weighted by atomic mass is 10.0.